The zero-order valence-electron chi connectivity index (χ0n) is 7.95. The Morgan fingerprint density at radius 2 is 2.46 bits per heavy atom. The summed E-state index contributed by atoms with van der Waals surface area (Å²) in [6.45, 7) is 4.96. The fraction of sp³-hybridized carbons (Fsp3) is 0.625. The zero-order valence-corrected chi connectivity index (χ0v) is 7.95. The maximum Gasteiger partial charge on any atom is 0.216 e. The number of carbonyl (C=O) groups excluding carboxylic acids is 1. The Hall–Kier alpha value is -1.39. The number of aryl methyl sites for hydroxylation is 1. The SMILES string of the molecule is CCn1cc(CCNC(C)=O)nn1. The molecule has 0 atom stereocenters. The number of carbonyl (C=O) groups is 1. The summed E-state index contributed by atoms with van der Waals surface area (Å²) in [6, 6.07) is 0. The lowest BCUT2D eigenvalue weighted by atomic mass is 10.3. The molecule has 5 nitrogen and oxygen atoms in total. The maximum absolute atomic E-state index is 10.5. The fourth-order valence-corrected chi connectivity index (χ4v) is 0.974. The van der Waals surface area contributed by atoms with Crippen LogP contribution in [-0.2, 0) is 17.8 Å². The maximum atomic E-state index is 10.5. The van der Waals surface area contributed by atoms with Crippen LogP contribution in [0.4, 0.5) is 0 Å². The van der Waals surface area contributed by atoms with Gasteiger partial charge < -0.3 is 5.32 Å². The standard InChI is InChI=1S/C8H14N4O/c1-3-12-6-8(10-11-12)4-5-9-7(2)13/h6H,3-5H2,1-2H3,(H,9,13). The third-order valence-corrected chi connectivity index (χ3v) is 1.67. The van der Waals surface area contributed by atoms with Crippen LogP contribution in [0.5, 0.6) is 0 Å². The lowest BCUT2D eigenvalue weighted by Gasteiger charge is -1.97. The van der Waals surface area contributed by atoms with Crippen LogP contribution in [0, 0.1) is 0 Å². The van der Waals surface area contributed by atoms with Crippen LogP contribution in [-0.4, -0.2) is 27.4 Å². The normalized spacial score (nSPS) is 10.0. The Kier molecular flexibility index (Phi) is 3.42. The van der Waals surface area contributed by atoms with Crippen LogP contribution < -0.4 is 5.32 Å². The summed E-state index contributed by atoms with van der Waals surface area (Å²) in [5, 5.41) is 10.5. The van der Waals surface area contributed by atoms with Gasteiger partial charge >= 0.3 is 0 Å². The largest absolute Gasteiger partial charge is 0.356 e. The van der Waals surface area contributed by atoms with E-state index in [0.717, 1.165) is 18.7 Å². The molecule has 1 amide bonds. The van der Waals surface area contributed by atoms with E-state index in [1.807, 2.05) is 13.1 Å². The van der Waals surface area contributed by atoms with Gasteiger partial charge in [0.2, 0.25) is 5.91 Å². The van der Waals surface area contributed by atoms with Crippen molar-refractivity contribution < 1.29 is 4.79 Å². The van der Waals surface area contributed by atoms with Gasteiger partial charge in [0, 0.05) is 32.6 Å². The van der Waals surface area contributed by atoms with Gasteiger partial charge in [0.15, 0.2) is 0 Å². The van der Waals surface area contributed by atoms with Gasteiger partial charge in [0.1, 0.15) is 0 Å². The minimum absolute atomic E-state index is 0.0112. The molecule has 0 bridgehead atoms. The second-order valence-electron chi connectivity index (χ2n) is 2.80. The first kappa shape index (κ1) is 9.70. The average Bonchev–Trinajstić information content (AvgIpc) is 2.52. The molecule has 0 saturated heterocycles. The lowest BCUT2D eigenvalue weighted by molar-refractivity contribution is -0.118. The van der Waals surface area contributed by atoms with Gasteiger partial charge in [-0.25, -0.2) is 0 Å². The minimum Gasteiger partial charge on any atom is -0.356 e. The highest BCUT2D eigenvalue weighted by Gasteiger charge is 1.99. The Bertz CT molecular complexity index is 281. The van der Waals surface area contributed by atoms with E-state index in [1.54, 1.807) is 4.68 Å². The van der Waals surface area contributed by atoms with Gasteiger partial charge in [0.05, 0.1) is 5.69 Å². The number of hydrogen-bond donors (Lipinski definition) is 1. The number of nitrogens with one attached hydrogen (secondary N) is 1. The third kappa shape index (κ3) is 3.23. The summed E-state index contributed by atoms with van der Waals surface area (Å²) in [6.07, 6.45) is 2.63. The number of rotatable bonds is 4. The molecule has 5 heteroatoms. The molecule has 1 aromatic rings. The smallest absolute Gasteiger partial charge is 0.216 e. The van der Waals surface area contributed by atoms with Crippen molar-refractivity contribution in [3.8, 4) is 0 Å². The van der Waals surface area contributed by atoms with Gasteiger partial charge in [-0.05, 0) is 6.92 Å². The van der Waals surface area contributed by atoms with Gasteiger partial charge in [-0.1, -0.05) is 5.21 Å². The topological polar surface area (TPSA) is 59.8 Å². The number of amides is 1. The van der Waals surface area contributed by atoms with E-state index in [0.29, 0.717) is 6.54 Å². The molecule has 0 saturated carbocycles. The Morgan fingerprint density at radius 1 is 1.69 bits per heavy atom. The summed E-state index contributed by atoms with van der Waals surface area (Å²) < 4.78 is 1.77. The first-order valence-corrected chi connectivity index (χ1v) is 4.36. The van der Waals surface area contributed by atoms with Crippen molar-refractivity contribution in [2.75, 3.05) is 6.54 Å². The molecule has 0 aromatic carbocycles. The number of nitrogens with zero attached hydrogens (tertiary/aromatic N) is 3. The summed E-state index contributed by atoms with van der Waals surface area (Å²) in [7, 11) is 0. The molecule has 0 fully saturated rings. The average molecular weight is 182 g/mol. The Morgan fingerprint density at radius 3 is 3.00 bits per heavy atom. The Labute approximate surface area is 77.1 Å². The van der Waals surface area contributed by atoms with Crippen molar-refractivity contribution in [1.29, 1.82) is 0 Å². The highest BCUT2D eigenvalue weighted by atomic mass is 16.1. The van der Waals surface area contributed by atoms with E-state index < -0.39 is 0 Å². The van der Waals surface area contributed by atoms with Crippen LogP contribution in [0.1, 0.15) is 19.5 Å². The van der Waals surface area contributed by atoms with Crippen LogP contribution in [0.2, 0.25) is 0 Å². The van der Waals surface area contributed by atoms with Crippen LogP contribution in [0.3, 0.4) is 0 Å². The molecule has 13 heavy (non-hydrogen) atoms. The predicted octanol–water partition coefficient (Wildman–Crippen LogP) is -0.0234. The highest BCUT2D eigenvalue weighted by Crippen LogP contribution is 1.92. The van der Waals surface area contributed by atoms with Gasteiger partial charge in [-0.2, -0.15) is 0 Å². The first-order chi connectivity index (χ1) is 6.22. The van der Waals surface area contributed by atoms with Crippen LogP contribution >= 0.6 is 0 Å². The van der Waals surface area contributed by atoms with Crippen molar-refractivity contribution in [3.63, 3.8) is 0 Å². The quantitative estimate of drug-likeness (QED) is 0.711. The molecular formula is C8H14N4O. The summed E-state index contributed by atoms with van der Waals surface area (Å²) in [5.74, 6) is -0.0112. The molecule has 1 rings (SSSR count). The van der Waals surface area contributed by atoms with E-state index in [4.69, 9.17) is 0 Å². The molecular weight excluding hydrogens is 168 g/mol. The van der Waals surface area contributed by atoms with Crippen molar-refractivity contribution in [2.24, 2.45) is 0 Å². The first-order valence-electron chi connectivity index (χ1n) is 4.36. The second kappa shape index (κ2) is 4.59. The van der Waals surface area contributed by atoms with Gasteiger partial charge in [-0.15, -0.1) is 5.10 Å². The molecule has 0 unspecified atom stereocenters. The minimum atomic E-state index is -0.0112. The molecule has 1 aromatic heterocycles. The van der Waals surface area contributed by atoms with Crippen LogP contribution in [0.25, 0.3) is 0 Å². The molecule has 72 valence electrons. The van der Waals surface area contributed by atoms with Crippen molar-refractivity contribution in [2.45, 2.75) is 26.8 Å². The van der Waals surface area contributed by atoms with E-state index in [1.165, 1.54) is 6.92 Å². The van der Waals surface area contributed by atoms with Crippen LogP contribution in [0.15, 0.2) is 6.20 Å². The molecule has 0 spiro atoms. The van der Waals surface area contributed by atoms with E-state index in [-0.39, 0.29) is 5.91 Å². The Balaban J connectivity index is 2.32. The molecule has 1 heterocycles. The van der Waals surface area contributed by atoms with Crippen molar-refractivity contribution in [3.05, 3.63) is 11.9 Å². The predicted molar refractivity (Wildman–Crippen MR) is 48.1 cm³/mol. The number of hydrogen-bond acceptors (Lipinski definition) is 3. The number of aromatic nitrogens is 3. The zero-order chi connectivity index (χ0) is 9.68. The molecule has 0 aliphatic heterocycles. The third-order valence-electron chi connectivity index (χ3n) is 1.67. The lowest BCUT2D eigenvalue weighted by Crippen LogP contribution is -2.22. The fourth-order valence-electron chi connectivity index (χ4n) is 0.974. The monoisotopic (exact) mass is 182 g/mol. The highest BCUT2D eigenvalue weighted by molar-refractivity contribution is 5.72. The molecule has 0 aliphatic rings. The van der Waals surface area contributed by atoms with Gasteiger partial charge in [-0.3, -0.25) is 9.48 Å². The van der Waals surface area contributed by atoms with E-state index in [2.05, 4.69) is 15.6 Å². The second-order valence-corrected chi connectivity index (χ2v) is 2.80. The molecule has 0 radical (unpaired) electrons. The van der Waals surface area contributed by atoms with Gasteiger partial charge in [0.25, 0.3) is 0 Å². The molecule has 0 aliphatic carbocycles. The van der Waals surface area contributed by atoms with Crippen molar-refractivity contribution in [1.82, 2.24) is 20.3 Å². The summed E-state index contributed by atoms with van der Waals surface area (Å²) in [5.41, 5.74) is 0.913. The van der Waals surface area contributed by atoms with E-state index in [9.17, 15) is 4.79 Å². The molecule has 1 N–H and O–H groups in total. The van der Waals surface area contributed by atoms with E-state index >= 15 is 0 Å². The summed E-state index contributed by atoms with van der Waals surface area (Å²) >= 11 is 0. The summed E-state index contributed by atoms with van der Waals surface area (Å²) in [4.78, 5) is 10.5. The van der Waals surface area contributed by atoms with Crippen molar-refractivity contribution >= 4 is 5.91 Å².